The maximum Gasteiger partial charge on any atom is 0.282 e. The second-order valence-corrected chi connectivity index (χ2v) is 5.12. The summed E-state index contributed by atoms with van der Waals surface area (Å²) < 4.78 is 25.8. The lowest BCUT2D eigenvalue weighted by Crippen LogP contribution is -2.37. The summed E-state index contributed by atoms with van der Waals surface area (Å²) in [4.78, 5) is 10.2. The lowest BCUT2D eigenvalue weighted by atomic mass is 10.4. The Morgan fingerprint density at radius 1 is 1.38 bits per heavy atom. The number of hydrogen-bond acceptors (Lipinski definition) is 3. The lowest BCUT2D eigenvalue weighted by Gasteiger charge is -2.19. The van der Waals surface area contributed by atoms with Crippen molar-refractivity contribution in [3.8, 4) is 0 Å². The average Bonchev–Trinajstić information content (AvgIpc) is 2.28. The van der Waals surface area contributed by atoms with Crippen LogP contribution < -0.4 is 0 Å². The highest BCUT2D eigenvalue weighted by Gasteiger charge is 2.37. The molecule has 1 aliphatic rings. The van der Waals surface area contributed by atoms with Gasteiger partial charge in [0.05, 0.1) is 6.54 Å². The molecule has 0 atom stereocenters. The molecule has 13 heavy (non-hydrogen) atoms. The third-order valence-corrected chi connectivity index (χ3v) is 4.23. The molecule has 0 aromatic rings. The minimum atomic E-state index is -3.35. The van der Waals surface area contributed by atoms with E-state index in [-0.39, 0.29) is 12.6 Å². The molecular weight excluding hydrogens is 192 g/mol. The van der Waals surface area contributed by atoms with E-state index in [1.807, 2.05) is 13.8 Å². The Morgan fingerprint density at radius 3 is 2.38 bits per heavy atom. The van der Waals surface area contributed by atoms with Crippen LogP contribution in [-0.2, 0) is 15.0 Å². The van der Waals surface area contributed by atoms with Gasteiger partial charge in [0.1, 0.15) is 6.29 Å². The van der Waals surface area contributed by atoms with Gasteiger partial charge in [-0.15, -0.1) is 0 Å². The lowest BCUT2D eigenvalue weighted by molar-refractivity contribution is -0.108. The van der Waals surface area contributed by atoms with E-state index in [1.54, 1.807) is 0 Å². The fourth-order valence-electron chi connectivity index (χ4n) is 1.38. The fourth-order valence-corrected chi connectivity index (χ4v) is 3.09. The molecule has 0 aromatic heterocycles. The molecule has 0 aromatic carbocycles. The molecule has 1 saturated heterocycles. The van der Waals surface area contributed by atoms with Gasteiger partial charge < -0.3 is 4.79 Å². The van der Waals surface area contributed by atoms with Crippen LogP contribution in [0.3, 0.4) is 0 Å². The number of carbonyl (C=O) groups excluding carboxylic acids is 1. The summed E-state index contributed by atoms with van der Waals surface area (Å²) in [6.45, 7) is 4.50. The van der Waals surface area contributed by atoms with Gasteiger partial charge in [0.25, 0.3) is 10.2 Å². The molecule has 1 heterocycles. The molecule has 0 amide bonds. The highest BCUT2D eigenvalue weighted by Crippen LogP contribution is 2.17. The van der Waals surface area contributed by atoms with E-state index >= 15 is 0 Å². The summed E-state index contributed by atoms with van der Waals surface area (Å²) in [5.41, 5.74) is 0. The number of hydrogen-bond donors (Lipinski definition) is 0. The number of rotatable bonds is 3. The number of aldehydes is 1. The van der Waals surface area contributed by atoms with Crippen molar-refractivity contribution in [2.24, 2.45) is 0 Å². The molecule has 0 bridgehead atoms. The van der Waals surface area contributed by atoms with Gasteiger partial charge in [-0.25, -0.2) is 0 Å². The molecule has 76 valence electrons. The van der Waals surface area contributed by atoms with Crippen LogP contribution in [0.1, 0.15) is 13.8 Å². The van der Waals surface area contributed by atoms with Gasteiger partial charge >= 0.3 is 0 Å². The fraction of sp³-hybridized carbons (Fsp3) is 0.857. The largest absolute Gasteiger partial charge is 0.302 e. The maximum atomic E-state index is 11.6. The third-order valence-electron chi connectivity index (χ3n) is 2.05. The molecule has 6 heteroatoms. The summed E-state index contributed by atoms with van der Waals surface area (Å²) in [5.74, 6) is 0. The van der Waals surface area contributed by atoms with E-state index in [0.29, 0.717) is 19.4 Å². The van der Waals surface area contributed by atoms with Crippen molar-refractivity contribution >= 4 is 16.5 Å². The molecule has 0 spiro atoms. The van der Waals surface area contributed by atoms with E-state index in [2.05, 4.69) is 0 Å². The first-order valence-electron chi connectivity index (χ1n) is 4.20. The molecule has 0 saturated carbocycles. The molecule has 1 rings (SSSR count). The zero-order chi connectivity index (χ0) is 10.1. The van der Waals surface area contributed by atoms with Crippen molar-refractivity contribution in [2.75, 3.05) is 19.6 Å². The maximum absolute atomic E-state index is 11.6. The van der Waals surface area contributed by atoms with Crippen LogP contribution in [0, 0.1) is 0 Å². The predicted molar refractivity (Wildman–Crippen MR) is 48.4 cm³/mol. The average molecular weight is 206 g/mol. The van der Waals surface area contributed by atoms with Crippen molar-refractivity contribution in [3.63, 3.8) is 0 Å². The normalized spacial score (nSPS) is 23.9. The first-order chi connectivity index (χ1) is 6.00. The van der Waals surface area contributed by atoms with Crippen LogP contribution in [0.2, 0.25) is 0 Å². The Labute approximate surface area is 78.5 Å². The van der Waals surface area contributed by atoms with E-state index in [4.69, 9.17) is 0 Å². The topological polar surface area (TPSA) is 57.7 Å². The summed E-state index contributed by atoms with van der Waals surface area (Å²) in [6.07, 6.45) is 0.612. The Hall–Kier alpha value is -0.460. The monoisotopic (exact) mass is 206 g/mol. The van der Waals surface area contributed by atoms with Crippen molar-refractivity contribution in [2.45, 2.75) is 19.9 Å². The summed E-state index contributed by atoms with van der Waals surface area (Å²) in [5, 5.41) is 0. The molecule has 1 fully saturated rings. The van der Waals surface area contributed by atoms with Crippen LogP contribution in [0.5, 0.6) is 0 Å². The van der Waals surface area contributed by atoms with Crippen LogP contribution >= 0.6 is 0 Å². The van der Waals surface area contributed by atoms with Gasteiger partial charge in [-0.3, -0.25) is 0 Å². The summed E-state index contributed by atoms with van der Waals surface area (Å²) in [7, 11) is -3.35. The smallest absolute Gasteiger partial charge is 0.282 e. The Balaban J connectivity index is 2.83. The Morgan fingerprint density at radius 2 is 2.00 bits per heavy atom. The van der Waals surface area contributed by atoms with Crippen LogP contribution in [0.4, 0.5) is 0 Å². The van der Waals surface area contributed by atoms with E-state index < -0.39 is 10.2 Å². The predicted octanol–water partition coefficient (Wildman–Crippen LogP) is -0.544. The van der Waals surface area contributed by atoms with E-state index in [1.165, 1.54) is 8.61 Å². The Bertz CT molecular complexity index is 286. The van der Waals surface area contributed by atoms with Gasteiger partial charge in [0.15, 0.2) is 0 Å². The van der Waals surface area contributed by atoms with Crippen LogP contribution in [0.25, 0.3) is 0 Å². The first-order valence-corrected chi connectivity index (χ1v) is 5.60. The molecule has 0 radical (unpaired) electrons. The third kappa shape index (κ3) is 1.90. The van der Waals surface area contributed by atoms with Crippen LogP contribution in [0.15, 0.2) is 0 Å². The minimum absolute atomic E-state index is 0.0362. The molecule has 0 aliphatic carbocycles. The van der Waals surface area contributed by atoms with Crippen molar-refractivity contribution in [1.82, 2.24) is 8.61 Å². The summed E-state index contributed by atoms with van der Waals surface area (Å²) >= 11 is 0. The van der Waals surface area contributed by atoms with Crippen molar-refractivity contribution in [3.05, 3.63) is 0 Å². The number of nitrogens with zero attached hydrogens (tertiary/aromatic N) is 2. The zero-order valence-electron chi connectivity index (χ0n) is 7.80. The molecule has 5 nitrogen and oxygen atoms in total. The quantitative estimate of drug-likeness (QED) is 0.582. The van der Waals surface area contributed by atoms with Gasteiger partial charge in [-0.05, 0) is 13.8 Å². The van der Waals surface area contributed by atoms with E-state index in [0.717, 1.165) is 0 Å². The van der Waals surface area contributed by atoms with Crippen LogP contribution in [-0.4, -0.2) is 49.0 Å². The highest BCUT2D eigenvalue weighted by atomic mass is 32.2. The zero-order valence-corrected chi connectivity index (χ0v) is 8.62. The number of carbonyl (C=O) groups is 1. The van der Waals surface area contributed by atoms with Crippen molar-refractivity contribution < 1.29 is 13.2 Å². The Kier molecular flexibility index (Phi) is 3.05. The van der Waals surface area contributed by atoms with Gasteiger partial charge in [-0.1, -0.05) is 0 Å². The molecular formula is C7H14N2O3S. The standard InChI is InChI=1S/C7H14N2O3S/c1-7(2)9-4-3-8(5-6-10)13(9,11)12/h6-7H,3-5H2,1-2H3. The molecule has 0 unspecified atom stereocenters. The molecule has 0 N–H and O–H groups in total. The minimum Gasteiger partial charge on any atom is -0.302 e. The summed E-state index contributed by atoms with van der Waals surface area (Å²) in [6, 6.07) is -0.0401. The SMILES string of the molecule is CC(C)N1CCN(CC=O)S1(=O)=O. The van der Waals surface area contributed by atoms with Gasteiger partial charge in [0.2, 0.25) is 0 Å². The van der Waals surface area contributed by atoms with Gasteiger partial charge in [0, 0.05) is 19.1 Å². The van der Waals surface area contributed by atoms with Crippen molar-refractivity contribution in [1.29, 1.82) is 0 Å². The molecule has 1 aliphatic heterocycles. The second kappa shape index (κ2) is 3.73. The van der Waals surface area contributed by atoms with E-state index in [9.17, 15) is 13.2 Å². The first kappa shape index (κ1) is 10.6. The van der Waals surface area contributed by atoms with Gasteiger partial charge in [-0.2, -0.15) is 17.0 Å². The highest BCUT2D eigenvalue weighted by molar-refractivity contribution is 7.87. The second-order valence-electron chi connectivity index (χ2n) is 3.24.